The summed E-state index contributed by atoms with van der Waals surface area (Å²) >= 11 is 0. The van der Waals surface area contributed by atoms with Crippen molar-refractivity contribution in [3.8, 4) is 11.5 Å². The van der Waals surface area contributed by atoms with Crippen molar-refractivity contribution in [2.75, 3.05) is 19.5 Å². The van der Waals surface area contributed by atoms with E-state index in [-0.39, 0.29) is 5.56 Å². The SMILES string of the molecule is COc1ccc2c(Nc3cc(C(=O)O)ccc3C)ncnc2c1OC. The van der Waals surface area contributed by atoms with Crippen LogP contribution in [0.5, 0.6) is 11.5 Å². The van der Waals surface area contributed by atoms with Gasteiger partial charge in [-0.25, -0.2) is 14.8 Å². The highest BCUT2D eigenvalue weighted by Crippen LogP contribution is 2.36. The van der Waals surface area contributed by atoms with Gasteiger partial charge in [0.2, 0.25) is 0 Å². The van der Waals surface area contributed by atoms with E-state index in [9.17, 15) is 9.90 Å². The standard InChI is InChI=1S/C18H17N3O4/c1-10-4-5-11(18(22)23)8-13(10)21-17-12-6-7-14(24-2)16(25-3)15(12)19-9-20-17/h4-9H,1-3H3,(H,22,23)(H,19,20,21). The minimum atomic E-state index is -0.984. The molecule has 128 valence electrons. The van der Waals surface area contributed by atoms with Gasteiger partial charge < -0.3 is 19.9 Å². The monoisotopic (exact) mass is 339 g/mol. The molecular weight excluding hydrogens is 322 g/mol. The Morgan fingerprint density at radius 1 is 1.12 bits per heavy atom. The Morgan fingerprint density at radius 2 is 1.92 bits per heavy atom. The lowest BCUT2D eigenvalue weighted by Crippen LogP contribution is -2.02. The number of aryl methyl sites for hydroxylation is 1. The van der Waals surface area contributed by atoms with Gasteiger partial charge in [-0.3, -0.25) is 0 Å². The molecule has 0 unspecified atom stereocenters. The number of carboxylic acids is 1. The highest BCUT2D eigenvalue weighted by Gasteiger charge is 2.14. The van der Waals surface area contributed by atoms with Crippen LogP contribution in [0.4, 0.5) is 11.5 Å². The number of nitrogens with zero attached hydrogens (tertiary/aromatic N) is 2. The molecule has 0 atom stereocenters. The first-order valence-corrected chi connectivity index (χ1v) is 7.51. The Balaban J connectivity index is 2.11. The second-order valence-corrected chi connectivity index (χ2v) is 5.38. The molecular formula is C18H17N3O4. The molecule has 1 heterocycles. The van der Waals surface area contributed by atoms with E-state index in [0.717, 1.165) is 10.9 Å². The summed E-state index contributed by atoms with van der Waals surface area (Å²) in [6, 6.07) is 8.49. The van der Waals surface area contributed by atoms with Crippen LogP contribution in [-0.2, 0) is 0 Å². The largest absolute Gasteiger partial charge is 0.493 e. The average Bonchev–Trinajstić information content (AvgIpc) is 2.62. The van der Waals surface area contributed by atoms with Crippen LogP contribution in [-0.4, -0.2) is 35.3 Å². The van der Waals surface area contributed by atoms with E-state index in [1.165, 1.54) is 6.33 Å². The zero-order valence-corrected chi connectivity index (χ0v) is 14.0. The van der Waals surface area contributed by atoms with Gasteiger partial charge in [0.25, 0.3) is 0 Å². The smallest absolute Gasteiger partial charge is 0.335 e. The van der Waals surface area contributed by atoms with Gasteiger partial charge in [0.1, 0.15) is 17.7 Å². The molecule has 3 rings (SSSR count). The predicted octanol–water partition coefficient (Wildman–Crippen LogP) is 3.40. The molecule has 0 spiro atoms. The Kier molecular flexibility index (Phi) is 4.38. The van der Waals surface area contributed by atoms with E-state index in [4.69, 9.17) is 9.47 Å². The van der Waals surface area contributed by atoms with Gasteiger partial charge in [-0.1, -0.05) is 6.07 Å². The van der Waals surface area contributed by atoms with Crippen LogP contribution in [0, 0.1) is 6.92 Å². The molecule has 2 N–H and O–H groups in total. The fourth-order valence-electron chi connectivity index (χ4n) is 2.56. The average molecular weight is 339 g/mol. The minimum Gasteiger partial charge on any atom is -0.493 e. The number of fused-ring (bicyclic) bond motifs is 1. The number of aromatic carboxylic acids is 1. The molecule has 25 heavy (non-hydrogen) atoms. The lowest BCUT2D eigenvalue weighted by molar-refractivity contribution is 0.0697. The maximum Gasteiger partial charge on any atom is 0.335 e. The number of hydrogen-bond donors (Lipinski definition) is 2. The summed E-state index contributed by atoms with van der Waals surface area (Å²) in [5.74, 6) is 0.656. The van der Waals surface area contributed by atoms with Gasteiger partial charge in [-0.15, -0.1) is 0 Å². The quantitative estimate of drug-likeness (QED) is 0.736. The highest BCUT2D eigenvalue weighted by molar-refractivity contribution is 5.96. The van der Waals surface area contributed by atoms with Crippen LogP contribution in [0.3, 0.4) is 0 Å². The molecule has 3 aromatic rings. The number of benzene rings is 2. The van der Waals surface area contributed by atoms with E-state index >= 15 is 0 Å². The lowest BCUT2D eigenvalue weighted by Gasteiger charge is -2.14. The maximum absolute atomic E-state index is 11.2. The Bertz CT molecular complexity index is 956. The van der Waals surface area contributed by atoms with E-state index in [1.54, 1.807) is 38.5 Å². The third-order valence-electron chi connectivity index (χ3n) is 3.89. The second kappa shape index (κ2) is 6.64. The molecule has 7 nitrogen and oxygen atoms in total. The van der Waals surface area contributed by atoms with Gasteiger partial charge >= 0.3 is 5.97 Å². The summed E-state index contributed by atoms with van der Waals surface area (Å²) in [6.07, 6.45) is 1.42. The second-order valence-electron chi connectivity index (χ2n) is 5.38. The van der Waals surface area contributed by atoms with Crippen LogP contribution < -0.4 is 14.8 Å². The van der Waals surface area contributed by atoms with Crippen LogP contribution in [0.2, 0.25) is 0 Å². The predicted molar refractivity (Wildman–Crippen MR) is 94.1 cm³/mol. The first-order valence-electron chi connectivity index (χ1n) is 7.51. The van der Waals surface area contributed by atoms with Crippen molar-refractivity contribution < 1.29 is 19.4 Å². The zero-order valence-electron chi connectivity index (χ0n) is 14.0. The fraction of sp³-hybridized carbons (Fsp3) is 0.167. The number of hydrogen-bond acceptors (Lipinski definition) is 6. The summed E-state index contributed by atoms with van der Waals surface area (Å²) in [6.45, 7) is 1.89. The van der Waals surface area contributed by atoms with Crippen LogP contribution >= 0.6 is 0 Å². The summed E-state index contributed by atoms with van der Waals surface area (Å²) in [4.78, 5) is 19.8. The number of methoxy groups -OCH3 is 2. The molecule has 0 radical (unpaired) electrons. The maximum atomic E-state index is 11.2. The number of nitrogens with one attached hydrogen (secondary N) is 1. The molecule has 0 fully saturated rings. The number of aromatic nitrogens is 2. The fourth-order valence-corrected chi connectivity index (χ4v) is 2.56. The molecule has 0 aliphatic heterocycles. The molecule has 0 amide bonds. The van der Waals surface area contributed by atoms with E-state index in [0.29, 0.717) is 28.5 Å². The molecule has 0 bridgehead atoms. The molecule has 7 heteroatoms. The summed E-state index contributed by atoms with van der Waals surface area (Å²) < 4.78 is 10.7. The lowest BCUT2D eigenvalue weighted by atomic mass is 10.1. The van der Waals surface area contributed by atoms with Crippen molar-refractivity contribution in [3.05, 3.63) is 47.8 Å². The summed E-state index contributed by atoms with van der Waals surface area (Å²) in [5.41, 5.74) is 2.36. The van der Waals surface area contributed by atoms with Crippen LogP contribution in [0.1, 0.15) is 15.9 Å². The number of carbonyl (C=O) groups is 1. The molecule has 0 aliphatic carbocycles. The molecule has 0 saturated carbocycles. The topological polar surface area (TPSA) is 93.6 Å². The number of carboxylic acid groups (broad SMARTS) is 1. The van der Waals surface area contributed by atoms with Crippen molar-refractivity contribution in [1.82, 2.24) is 9.97 Å². The Morgan fingerprint density at radius 3 is 2.60 bits per heavy atom. The van der Waals surface area contributed by atoms with Crippen molar-refractivity contribution in [2.24, 2.45) is 0 Å². The first-order chi connectivity index (χ1) is 12.0. The van der Waals surface area contributed by atoms with E-state index < -0.39 is 5.97 Å². The van der Waals surface area contributed by atoms with Crippen LogP contribution in [0.15, 0.2) is 36.7 Å². The Labute approximate surface area is 144 Å². The van der Waals surface area contributed by atoms with E-state index in [2.05, 4.69) is 15.3 Å². The summed E-state index contributed by atoms with van der Waals surface area (Å²) in [5, 5.41) is 13.1. The van der Waals surface area contributed by atoms with E-state index in [1.807, 2.05) is 13.0 Å². The number of ether oxygens (including phenoxy) is 2. The van der Waals surface area contributed by atoms with Gasteiger partial charge in [0.15, 0.2) is 11.5 Å². The van der Waals surface area contributed by atoms with Gasteiger partial charge in [0.05, 0.1) is 19.8 Å². The van der Waals surface area contributed by atoms with Crippen molar-refractivity contribution in [1.29, 1.82) is 0 Å². The molecule has 1 aromatic heterocycles. The van der Waals surface area contributed by atoms with Crippen molar-refractivity contribution in [3.63, 3.8) is 0 Å². The minimum absolute atomic E-state index is 0.200. The first kappa shape index (κ1) is 16.5. The Hall–Kier alpha value is -3.35. The van der Waals surface area contributed by atoms with Crippen molar-refractivity contribution >= 4 is 28.4 Å². The van der Waals surface area contributed by atoms with Gasteiger partial charge in [-0.05, 0) is 36.8 Å². The van der Waals surface area contributed by atoms with Crippen LogP contribution in [0.25, 0.3) is 10.9 Å². The third kappa shape index (κ3) is 3.03. The molecule has 2 aromatic carbocycles. The number of anilines is 2. The number of rotatable bonds is 5. The normalized spacial score (nSPS) is 10.5. The van der Waals surface area contributed by atoms with Gasteiger partial charge in [-0.2, -0.15) is 0 Å². The molecule has 0 aliphatic rings. The van der Waals surface area contributed by atoms with Crippen molar-refractivity contribution in [2.45, 2.75) is 6.92 Å². The third-order valence-corrected chi connectivity index (χ3v) is 3.89. The zero-order chi connectivity index (χ0) is 18.0. The van der Waals surface area contributed by atoms with Gasteiger partial charge in [0, 0.05) is 11.1 Å². The highest BCUT2D eigenvalue weighted by atomic mass is 16.5. The molecule has 0 saturated heterocycles. The summed E-state index contributed by atoms with van der Waals surface area (Å²) in [7, 11) is 3.11.